The zero-order valence-corrected chi connectivity index (χ0v) is 10.9. The van der Waals surface area contributed by atoms with E-state index in [2.05, 4.69) is 0 Å². The molecule has 0 radical (unpaired) electrons. The summed E-state index contributed by atoms with van der Waals surface area (Å²) in [6.45, 7) is 0. The van der Waals surface area contributed by atoms with E-state index < -0.39 is 23.6 Å². The summed E-state index contributed by atoms with van der Waals surface area (Å²) >= 11 is 0. The Morgan fingerprint density at radius 1 is 1.05 bits per heavy atom. The minimum Gasteiger partial charge on any atom is -0.508 e. The molecule has 2 rings (SSSR count). The standard InChI is InChI=1S/C15H13F4NO/c16-10-3-6-13(15(17,18)19)12(8-10)14(20)7-9-1-4-11(21)5-2-9/h1-6,8,14,21H,7,20H2. The molecule has 2 aromatic rings. The van der Waals surface area contributed by atoms with Crippen LogP contribution in [0.5, 0.6) is 5.75 Å². The number of rotatable bonds is 3. The van der Waals surface area contributed by atoms with Gasteiger partial charge in [-0.05, 0) is 47.9 Å². The highest BCUT2D eigenvalue weighted by Crippen LogP contribution is 2.35. The molecule has 0 spiro atoms. The molecule has 0 fully saturated rings. The maximum Gasteiger partial charge on any atom is 0.416 e. The van der Waals surface area contributed by atoms with Gasteiger partial charge in [-0.15, -0.1) is 0 Å². The summed E-state index contributed by atoms with van der Waals surface area (Å²) in [5, 5.41) is 9.17. The molecule has 3 N–H and O–H groups in total. The quantitative estimate of drug-likeness (QED) is 0.847. The fourth-order valence-electron chi connectivity index (χ4n) is 2.09. The fourth-order valence-corrected chi connectivity index (χ4v) is 2.09. The number of halogens is 4. The van der Waals surface area contributed by atoms with E-state index in [1.807, 2.05) is 0 Å². The van der Waals surface area contributed by atoms with Crippen molar-refractivity contribution in [1.82, 2.24) is 0 Å². The first-order chi connectivity index (χ1) is 9.77. The van der Waals surface area contributed by atoms with Crippen LogP contribution >= 0.6 is 0 Å². The van der Waals surface area contributed by atoms with Crippen LogP contribution < -0.4 is 5.73 Å². The van der Waals surface area contributed by atoms with Crippen molar-refractivity contribution in [2.24, 2.45) is 5.73 Å². The molecule has 0 bridgehead atoms. The molecule has 6 heteroatoms. The van der Waals surface area contributed by atoms with E-state index in [9.17, 15) is 17.6 Å². The van der Waals surface area contributed by atoms with Crippen LogP contribution in [0.1, 0.15) is 22.7 Å². The van der Waals surface area contributed by atoms with Crippen molar-refractivity contribution < 1.29 is 22.7 Å². The summed E-state index contributed by atoms with van der Waals surface area (Å²) in [4.78, 5) is 0. The lowest BCUT2D eigenvalue weighted by Gasteiger charge is -2.18. The van der Waals surface area contributed by atoms with Gasteiger partial charge in [-0.25, -0.2) is 4.39 Å². The topological polar surface area (TPSA) is 46.2 Å². The molecule has 0 aliphatic heterocycles. The fraction of sp³-hybridized carbons (Fsp3) is 0.200. The Morgan fingerprint density at radius 2 is 1.67 bits per heavy atom. The van der Waals surface area contributed by atoms with Gasteiger partial charge in [-0.3, -0.25) is 0 Å². The van der Waals surface area contributed by atoms with Gasteiger partial charge in [0.15, 0.2) is 0 Å². The van der Waals surface area contributed by atoms with Gasteiger partial charge < -0.3 is 10.8 Å². The summed E-state index contributed by atoms with van der Waals surface area (Å²) in [6.07, 6.45) is -4.48. The average Bonchev–Trinajstić information content (AvgIpc) is 2.40. The van der Waals surface area contributed by atoms with Gasteiger partial charge in [0.05, 0.1) is 5.56 Å². The largest absolute Gasteiger partial charge is 0.508 e. The van der Waals surface area contributed by atoms with Crippen LogP contribution in [-0.4, -0.2) is 5.11 Å². The van der Waals surface area contributed by atoms with E-state index in [0.29, 0.717) is 11.6 Å². The smallest absolute Gasteiger partial charge is 0.416 e. The van der Waals surface area contributed by atoms with E-state index in [0.717, 1.165) is 12.1 Å². The molecule has 0 aliphatic carbocycles. The minimum atomic E-state index is -4.59. The summed E-state index contributed by atoms with van der Waals surface area (Å²) in [7, 11) is 0. The molecule has 2 nitrogen and oxygen atoms in total. The SMILES string of the molecule is NC(Cc1ccc(O)cc1)c1cc(F)ccc1C(F)(F)F. The number of alkyl halides is 3. The number of hydrogen-bond donors (Lipinski definition) is 2. The van der Waals surface area contributed by atoms with E-state index in [1.54, 1.807) is 12.1 Å². The Bertz CT molecular complexity index is 623. The van der Waals surface area contributed by atoms with Crippen molar-refractivity contribution in [3.63, 3.8) is 0 Å². The molecule has 1 unspecified atom stereocenters. The van der Waals surface area contributed by atoms with Gasteiger partial charge in [0.1, 0.15) is 11.6 Å². The monoisotopic (exact) mass is 299 g/mol. The maximum absolute atomic E-state index is 13.2. The Labute approximate surface area is 118 Å². The van der Waals surface area contributed by atoms with Gasteiger partial charge in [0, 0.05) is 6.04 Å². The summed E-state index contributed by atoms with van der Waals surface area (Å²) in [5.74, 6) is -0.715. The number of benzene rings is 2. The normalized spacial score (nSPS) is 13.2. The number of phenols is 1. The average molecular weight is 299 g/mol. The van der Waals surface area contributed by atoms with Crippen LogP contribution in [0.3, 0.4) is 0 Å². The van der Waals surface area contributed by atoms with Crippen molar-refractivity contribution in [3.05, 3.63) is 65.0 Å². The van der Waals surface area contributed by atoms with Gasteiger partial charge in [0.2, 0.25) is 0 Å². The lowest BCUT2D eigenvalue weighted by molar-refractivity contribution is -0.138. The Balaban J connectivity index is 2.32. The Kier molecular flexibility index (Phi) is 4.18. The van der Waals surface area contributed by atoms with E-state index in [-0.39, 0.29) is 17.7 Å². The second-order valence-electron chi connectivity index (χ2n) is 4.71. The predicted molar refractivity (Wildman–Crippen MR) is 70.1 cm³/mol. The van der Waals surface area contributed by atoms with Crippen LogP contribution in [0.2, 0.25) is 0 Å². The van der Waals surface area contributed by atoms with Crippen molar-refractivity contribution in [3.8, 4) is 5.75 Å². The summed E-state index contributed by atoms with van der Waals surface area (Å²) < 4.78 is 52.0. The molecule has 0 amide bonds. The molecule has 1 atom stereocenters. The molecule has 0 saturated carbocycles. The molecule has 0 heterocycles. The maximum atomic E-state index is 13.2. The zero-order chi connectivity index (χ0) is 15.6. The van der Waals surface area contributed by atoms with Crippen molar-refractivity contribution >= 4 is 0 Å². The van der Waals surface area contributed by atoms with Gasteiger partial charge in [-0.1, -0.05) is 12.1 Å². The predicted octanol–water partition coefficient (Wildman–Crippen LogP) is 3.79. The molecule has 0 saturated heterocycles. The van der Waals surface area contributed by atoms with Gasteiger partial charge in [-0.2, -0.15) is 13.2 Å². The lowest BCUT2D eigenvalue weighted by atomic mass is 9.95. The summed E-state index contributed by atoms with van der Waals surface area (Å²) in [6, 6.07) is 7.22. The van der Waals surface area contributed by atoms with Crippen LogP contribution in [0, 0.1) is 5.82 Å². The summed E-state index contributed by atoms with van der Waals surface area (Å²) in [5.41, 5.74) is 5.24. The Morgan fingerprint density at radius 3 is 2.24 bits per heavy atom. The first-order valence-corrected chi connectivity index (χ1v) is 6.17. The number of phenolic OH excluding ortho intramolecular Hbond substituents is 1. The van der Waals surface area contributed by atoms with Crippen LogP contribution in [-0.2, 0) is 12.6 Å². The lowest BCUT2D eigenvalue weighted by Crippen LogP contribution is -2.19. The molecular weight excluding hydrogens is 286 g/mol. The van der Waals surface area contributed by atoms with Crippen LogP contribution in [0.15, 0.2) is 42.5 Å². The van der Waals surface area contributed by atoms with Crippen molar-refractivity contribution in [2.75, 3.05) is 0 Å². The third kappa shape index (κ3) is 3.72. The number of nitrogens with two attached hydrogens (primary N) is 1. The number of hydrogen-bond acceptors (Lipinski definition) is 2. The van der Waals surface area contributed by atoms with Gasteiger partial charge >= 0.3 is 6.18 Å². The van der Waals surface area contributed by atoms with Crippen molar-refractivity contribution in [2.45, 2.75) is 18.6 Å². The molecular formula is C15H13F4NO. The van der Waals surface area contributed by atoms with Crippen LogP contribution in [0.25, 0.3) is 0 Å². The molecule has 0 aromatic heterocycles. The molecule has 21 heavy (non-hydrogen) atoms. The van der Waals surface area contributed by atoms with Crippen LogP contribution in [0.4, 0.5) is 17.6 Å². The molecule has 112 valence electrons. The third-order valence-corrected chi connectivity index (χ3v) is 3.11. The highest BCUT2D eigenvalue weighted by atomic mass is 19.4. The zero-order valence-electron chi connectivity index (χ0n) is 10.9. The molecule has 2 aromatic carbocycles. The number of aromatic hydroxyl groups is 1. The van der Waals surface area contributed by atoms with Gasteiger partial charge in [0.25, 0.3) is 0 Å². The van der Waals surface area contributed by atoms with E-state index in [4.69, 9.17) is 10.8 Å². The highest BCUT2D eigenvalue weighted by Gasteiger charge is 2.34. The Hall–Kier alpha value is -2.08. The third-order valence-electron chi connectivity index (χ3n) is 3.11. The van der Waals surface area contributed by atoms with E-state index in [1.165, 1.54) is 12.1 Å². The van der Waals surface area contributed by atoms with Crippen molar-refractivity contribution in [1.29, 1.82) is 0 Å². The highest BCUT2D eigenvalue weighted by molar-refractivity contribution is 5.35. The molecule has 0 aliphatic rings. The van der Waals surface area contributed by atoms with E-state index >= 15 is 0 Å². The minimum absolute atomic E-state index is 0.0501. The first kappa shape index (κ1) is 15.3. The first-order valence-electron chi connectivity index (χ1n) is 6.17. The second kappa shape index (κ2) is 5.73. The second-order valence-corrected chi connectivity index (χ2v) is 4.71.